The number of carbonyl (C=O) groups excluding carboxylic acids is 2. The Bertz CT molecular complexity index is 541. The molecule has 0 saturated carbocycles. The van der Waals surface area contributed by atoms with E-state index in [0.29, 0.717) is 12.1 Å². The van der Waals surface area contributed by atoms with Gasteiger partial charge in [-0.15, -0.1) is 0 Å². The maximum absolute atomic E-state index is 13.0. The third kappa shape index (κ3) is 4.73. The zero-order valence-electron chi connectivity index (χ0n) is 12.1. The Morgan fingerprint density at radius 1 is 1.14 bits per heavy atom. The molecule has 0 bridgehead atoms. The third-order valence-electron chi connectivity index (χ3n) is 3.01. The van der Waals surface area contributed by atoms with Gasteiger partial charge >= 0.3 is 11.8 Å². The highest BCUT2D eigenvalue weighted by Crippen LogP contribution is 2.17. The summed E-state index contributed by atoms with van der Waals surface area (Å²) in [6.45, 7) is 3.42. The summed E-state index contributed by atoms with van der Waals surface area (Å²) in [6, 6.07) is 0.707. The number of aliphatic hydroxyl groups excluding tert-OH is 1. The van der Waals surface area contributed by atoms with Gasteiger partial charge in [0.05, 0.1) is 0 Å². The molecule has 1 rings (SSSR count). The summed E-state index contributed by atoms with van der Waals surface area (Å²) >= 11 is 0. The van der Waals surface area contributed by atoms with Crippen molar-refractivity contribution in [1.29, 1.82) is 0 Å². The SMILES string of the molecule is CC(C)C(CCO)NC(=O)C(=O)Nc1cc(F)c(F)c(F)c1. The van der Waals surface area contributed by atoms with Crippen LogP contribution in [-0.2, 0) is 9.59 Å². The minimum absolute atomic E-state index is 0.0235. The molecular formula is C14H17F3N2O3. The van der Waals surface area contributed by atoms with E-state index in [1.807, 2.05) is 5.32 Å². The number of hydrogen-bond donors (Lipinski definition) is 3. The van der Waals surface area contributed by atoms with Gasteiger partial charge in [0.15, 0.2) is 17.5 Å². The molecule has 0 aliphatic carbocycles. The van der Waals surface area contributed by atoms with E-state index in [-0.39, 0.29) is 24.6 Å². The van der Waals surface area contributed by atoms with E-state index in [4.69, 9.17) is 5.11 Å². The van der Waals surface area contributed by atoms with Crippen LogP contribution in [0.4, 0.5) is 18.9 Å². The van der Waals surface area contributed by atoms with Crippen LogP contribution in [0.5, 0.6) is 0 Å². The zero-order valence-corrected chi connectivity index (χ0v) is 12.1. The fraction of sp³-hybridized carbons (Fsp3) is 0.429. The standard InChI is InChI=1S/C14H17F3N2O3/c1-7(2)11(3-4-20)19-14(22)13(21)18-8-5-9(15)12(17)10(16)6-8/h5-7,11,20H,3-4H2,1-2H3,(H,18,21)(H,19,22). The van der Waals surface area contributed by atoms with Crippen molar-refractivity contribution in [3.05, 3.63) is 29.6 Å². The molecule has 1 aromatic carbocycles. The number of hydrogen-bond acceptors (Lipinski definition) is 3. The van der Waals surface area contributed by atoms with Crippen LogP contribution in [0.3, 0.4) is 0 Å². The van der Waals surface area contributed by atoms with E-state index in [2.05, 4.69) is 5.32 Å². The Labute approximate surface area is 125 Å². The highest BCUT2D eigenvalue weighted by molar-refractivity contribution is 6.39. The molecule has 5 nitrogen and oxygen atoms in total. The van der Waals surface area contributed by atoms with Gasteiger partial charge in [-0.25, -0.2) is 13.2 Å². The fourth-order valence-corrected chi connectivity index (χ4v) is 1.76. The summed E-state index contributed by atoms with van der Waals surface area (Å²) in [5, 5.41) is 13.3. The first-order valence-electron chi connectivity index (χ1n) is 6.63. The molecule has 1 aromatic rings. The maximum atomic E-state index is 13.0. The van der Waals surface area contributed by atoms with Gasteiger partial charge in [0.2, 0.25) is 0 Å². The lowest BCUT2D eigenvalue weighted by atomic mass is 10.0. The first-order valence-corrected chi connectivity index (χ1v) is 6.63. The van der Waals surface area contributed by atoms with Gasteiger partial charge in [-0.2, -0.15) is 0 Å². The molecule has 3 N–H and O–H groups in total. The van der Waals surface area contributed by atoms with Crippen LogP contribution in [-0.4, -0.2) is 29.6 Å². The normalized spacial score (nSPS) is 12.1. The molecule has 0 fully saturated rings. The Morgan fingerprint density at radius 3 is 2.14 bits per heavy atom. The Kier molecular flexibility index (Phi) is 6.36. The molecular weight excluding hydrogens is 301 g/mol. The van der Waals surface area contributed by atoms with Crippen LogP contribution >= 0.6 is 0 Å². The Morgan fingerprint density at radius 2 is 1.68 bits per heavy atom. The van der Waals surface area contributed by atoms with Gasteiger partial charge in [-0.05, 0) is 12.3 Å². The van der Waals surface area contributed by atoms with E-state index in [0.717, 1.165) is 0 Å². The smallest absolute Gasteiger partial charge is 0.313 e. The number of amides is 2. The number of rotatable bonds is 5. The molecule has 2 amide bonds. The van der Waals surface area contributed by atoms with Crippen LogP contribution in [0.25, 0.3) is 0 Å². The quantitative estimate of drug-likeness (QED) is 0.569. The second kappa shape index (κ2) is 7.79. The molecule has 22 heavy (non-hydrogen) atoms. The van der Waals surface area contributed by atoms with Gasteiger partial charge in [0.1, 0.15) is 0 Å². The summed E-state index contributed by atoms with van der Waals surface area (Å²) < 4.78 is 38.8. The van der Waals surface area contributed by atoms with E-state index < -0.39 is 35.3 Å². The summed E-state index contributed by atoms with van der Waals surface area (Å²) in [4.78, 5) is 23.4. The van der Waals surface area contributed by atoms with E-state index in [1.54, 1.807) is 13.8 Å². The zero-order chi connectivity index (χ0) is 16.9. The number of anilines is 1. The first-order chi connectivity index (χ1) is 10.3. The molecule has 0 saturated heterocycles. The second-order valence-electron chi connectivity index (χ2n) is 5.04. The van der Waals surface area contributed by atoms with Gasteiger partial charge in [0, 0.05) is 30.5 Å². The predicted molar refractivity (Wildman–Crippen MR) is 73.4 cm³/mol. The average Bonchev–Trinajstić information content (AvgIpc) is 2.43. The number of carbonyl (C=O) groups is 2. The lowest BCUT2D eigenvalue weighted by molar-refractivity contribution is -0.136. The molecule has 0 spiro atoms. The van der Waals surface area contributed by atoms with Gasteiger partial charge in [0.25, 0.3) is 0 Å². The van der Waals surface area contributed by atoms with Crippen molar-refractivity contribution in [3.63, 3.8) is 0 Å². The largest absolute Gasteiger partial charge is 0.396 e. The average molecular weight is 318 g/mol. The van der Waals surface area contributed by atoms with E-state index in [9.17, 15) is 22.8 Å². The molecule has 0 aromatic heterocycles. The number of nitrogens with one attached hydrogen (secondary N) is 2. The van der Waals surface area contributed by atoms with Crippen molar-refractivity contribution in [2.45, 2.75) is 26.3 Å². The van der Waals surface area contributed by atoms with Crippen molar-refractivity contribution >= 4 is 17.5 Å². The van der Waals surface area contributed by atoms with Crippen LogP contribution in [0.1, 0.15) is 20.3 Å². The summed E-state index contributed by atoms with van der Waals surface area (Å²) in [5.41, 5.74) is -0.375. The lowest BCUT2D eigenvalue weighted by Crippen LogP contribution is -2.44. The van der Waals surface area contributed by atoms with Crippen LogP contribution in [0, 0.1) is 23.4 Å². The third-order valence-corrected chi connectivity index (χ3v) is 3.01. The minimum atomic E-state index is -1.66. The molecule has 1 unspecified atom stereocenters. The number of benzene rings is 1. The van der Waals surface area contributed by atoms with E-state index in [1.165, 1.54) is 0 Å². The maximum Gasteiger partial charge on any atom is 0.313 e. The molecule has 8 heteroatoms. The minimum Gasteiger partial charge on any atom is -0.396 e. The number of halogens is 3. The van der Waals surface area contributed by atoms with Crippen LogP contribution in [0.2, 0.25) is 0 Å². The summed E-state index contributed by atoms with van der Waals surface area (Å²) in [7, 11) is 0. The first kappa shape index (κ1) is 18.0. The molecule has 0 aliphatic heterocycles. The summed E-state index contributed by atoms with van der Waals surface area (Å²) in [6.07, 6.45) is 0.260. The second-order valence-corrected chi connectivity index (χ2v) is 5.04. The topological polar surface area (TPSA) is 78.4 Å². The van der Waals surface area contributed by atoms with Crippen molar-refractivity contribution in [3.8, 4) is 0 Å². The Balaban J connectivity index is 2.74. The number of aliphatic hydroxyl groups is 1. The van der Waals surface area contributed by atoms with Gasteiger partial charge < -0.3 is 15.7 Å². The highest BCUT2D eigenvalue weighted by Gasteiger charge is 2.21. The molecule has 0 radical (unpaired) electrons. The van der Waals surface area contributed by atoms with E-state index >= 15 is 0 Å². The van der Waals surface area contributed by atoms with Crippen molar-refractivity contribution < 1.29 is 27.9 Å². The van der Waals surface area contributed by atoms with Gasteiger partial charge in [-0.1, -0.05) is 13.8 Å². The predicted octanol–water partition coefficient (Wildman–Crippen LogP) is 1.57. The van der Waals surface area contributed by atoms with Crippen LogP contribution < -0.4 is 10.6 Å². The highest BCUT2D eigenvalue weighted by atomic mass is 19.2. The molecule has 0 aliphatic rings. The molecule has 122 valence electrons. The molecule has 1 atom stereocenters. The van der Waals surface area contributed by atoms with Crippen molar-refractivity contribution in [1.82, 2.24) is 5.32 Å². The summed E-state index contributed by atoms with van der Waals surface area (Å²) in [5.74, 6) is -6.80. The van der Waals surface area contributed by atoms with Gasteiger partial charge in [-0.3, -0.25) is 9.59 Å². The van der Waals surface area contributed by atoms with Crippen molar-refractivity contribution in [2.75, 3.05) is 11.9 Å². The lowest BCUT2D eigenvalue weighted by Gasteiger charge is -2.21. The van der Waals surface area contributed by atoms with Crippen molar-refractivity contribution in [2.24, 2.45) is 5.92 Å². The fourth-order valence-electron chi connectivity index (χ4n) is 1.76. The Hall–Kier alpha value is -2.09. The van der Waals surface area contributed by atoms with Crippen LogP contribution in [0.15, 0.2) is 12.1 Å². The monoisotopic (exact) mass is 318 g/mol. The molecule has 0 heterocycles.